The number of anilines is 1. The number of rotatable bonds is 5. The van der Waals surface area contributed by atoms with Gasteiger partial charge in [0.15, 0.2) is 11.5 Å². The molecular weight excluding hydrogens is 386 g/mol. The van der Waals surface area contributed by atoms with E-state index in [9.17, 15) is 4.79 Å². The molecule has 1 unspecified atom stereocenters. The third-order valence-corrected chi connectivity index (χ3v) is 5.57. The van der Waals surface area contributed by atoms with Crippen LogP contribution in [-0.2, 0) is 11.8 Å². The molecule has 3 aromatic rings. The van der Waals surface area contributed by atoms with Crippen LogP contribution >= 0.6 is 0 Å². The van der Waals surface area contributed by atoms with Crippen LogP contribution in [0.15, 0.2) is 10.7 Å². The van der Waals surface area contributed by atoms with Crippen LogP contribution in [0.2, 0.25) is 0 Å². The van der Waals surface area contributed by atoms with Crippen LogP contribution in [0.5, 0.6) is 0 Å². The van der Waals surface area contributed by atoms with Gasteiger partial charge in [-0.1, -0.05) is 5.16 Å². The normalized spacial score (nSPS) is 16.2. The molecule has 1 aliphatic rings. The largest absolute Gasteiger partial charge is 0.462 e. The average Bonchev–Trinajstić information content (AvgIpc) is 3.30. The van der Waals surface area contributed by atoms with Gasteiger partial charge in [0.2, 0.25) is 5.89 Å². The van der Waals surface area contributed by atoms with E-state index in [1.807, 2.05) is 20.9 Å². The second-order valence-corrected chi connectivity index (χ2v) is 7.53. The summed E-state index contributed by atoms with van der Waals surface area (Å²) in [6.07, 6.45) is 1.60. The summed E-state index contributed by atoms with van der Waals surface area (Å²) in [5.41, 5.74) is 2.94. The zero-order valence-electron chi connectivity index (χ0n) is 18.0. The lowest BCUT2D eigenvalue weighted by Crippen LogP contribution is -2.47. The fraction of sp³-hybridized carbons (Fsp3) is 0.550. The Morgan fingerprint density at radius 2 is 2.00 bits per heavy atom. The summed E-state index contributed by atoms with van der Waals surface area (Å²) in [4.78, 5) is 26.1. The van der Waals surface area contributed by atoms with Crippen molar-refractivity contribution in [2.24, 2.45) is 7.05 Å². The second-order valence-electron chi connectivity index (χ2n) is 7.53. The highest BCUT2D eigenvalue weighted by Gasteiger charge is 2.30. The van der Waals surface area contributed by atoms with Crippen molar-refractivity contribution in [1.29, 1.82) is 0 Å². The Kier molecular flexibility index (Phi) is 5.42. The van der Waals surface area contributed by atoms with E-state index in [0.29, 0.717) is 23.9 Å². The number of hydrogen-bond donors (Lipinski definition) is 0. The predicted molar refractivity (Wildman–Crippen MR) is 110 cm³/mol. The molecule has 160 valence electrons. The molecule has 3 aromatic heterocycles. The maximum absolute atomic E-state index is 12.7. The molecule has 10 heteroatoms. The molecule has 0 amide bonds. The number of piperazine rings is 1. The molecule has 0 bridgehead atoms. The van der Waals surface area contributed by atoms with Gasteiger partial charge >= 0.3 is 5.97 Å². The van der Waals surface area contributed by atoms with E-state index in [-0.39, 0.29) is 12.0 Å². The van der Waals surface area contributed by atoms with Crippen molar-refractivity contribution in [3.63, 3.8) is 0 Å². The lowest BCUT2D eigenvalue weighted by molar-refractivity contribution is 0.0526. The van der Waals surface area contributed by atoms with Crippen LogP contribution in [0.3, 0.4) is 0 Å². The molecule has 4 rings (SSSR count). The SMILES string of the molecule is CCOC(=O)c1cnc2c(c(C)nn2C)c1N1CCN(C(C)c2nc(C)no2)CC1. The first-order valence-electron chi connectivity index (χ1n) is 10.2. The molecule has 30 heavy (non-hydrogen) atoms. The zero-order valence-corrected chi connectivity index (χ0v) is 18.0. The van der Waals surface area contributed by atoms with E-state index in [4.69, 9.17) is 9.26 Å². The van der Waals surface area contributed by atoms with Crippen molar-refractivity contribution < 1.29 is 14.1 Å². The minimum Gasteiger partial charge on any atom is -0.462 e. The number of pyridine rings is 1. The minimum absolute atomic E-state index is 0.0375. The third-order valence-electron chi connectivity index (χ3n) is 5.57. The molecule has 4 heterocycles. The van der Waals surface area contributed by atoms with Gasteiger partial charge in [-0.25, -0.2) is 9.78 Å². The fourth-order valence-electron chi connectivity index (χ4n) is 4.05. The molecule has 0 aliphatic carbocycles. The Morgan fingerprint density at radius 3 is 2.63 bits per heavy atom. The van der Waals surface area contributed by atoms with E-state index in [1.165, 1.54) is 0 Å². The number of fused-ring (bicyclic) bond motifs is 1. The number of aromatic nitrogens is 5. The summed E-state index contributed by atoms with van der Waals surface area (Å²) >= 11 is 0. The zero-order chi connectivity index (χ0) is 21.4. The Balaban J connectivity index is 1.64. The highest BCUT2D eigenvalue weighted by atomic mass is 16.5. The monoisotopic (exact) mass is 413 g/mol. The second kappa shape index (κ2) is 8.02. The van der Waals surface area contributed by atoms with Gasteiger partial charge in [-0.2, -0.15) is 10.1 Å². The van der Waals surface area contributed by atoms with Crippen molar-refractivity contribution in [3.8, 4) is 0 Å². The van der Waals surface area contributed by atoms with Gasteiger partial charge in [0.1, 0.15) is 5.56 Å². The first-order chi connectivity index (χ1) is 14.4. The molecule has 0 N–H and O–H groups in total. The molecule has 10 nitrogen and oxygen atoms in total. The Bertz CT molecular complexity index is 1070. The average molecular weight is 413 g/mol. The Morgan fingerprint density at radius 1 is 1.27 bits per heavy atom. The van der Waals surface area contributed by atoms with E-state index < -0.39 is 0 Å². The van der Waals surface area contributed by atoms with Crippen molar-refractivity contribution in [2.45, 2.75) is 33.7 Å². The standard InChI is InChI=1S/C20H27N7O3/c1-6-29-20(28)15-11-21-18-16(12(2)23-25(18)5)17(15)27-9-7-26(8-10-27)13(3)19-22-14(4)24-30-19/h11,13H,6-10H2,1-5H3. The molecule has 0 radical (unpaired) electrons. The number of esters is 1. The summed E-state index contributed by atoms with van der Waals surface area (Å²) < 4.78 is 12.4. The topological polar surface area (TPSA) is 102 Å². The third kappa shape index (κ3) is 3.51. The number of carbonyl (C=O) groups is 1. The number of carbonyl (C=O) groups excluding carboxylic acids is 1. The first-order valence-corrected chi connectivity index (χ1v) is 10.2. The molecule has 1 fully saturated rings. The van der Waals surface area contributed by atoms with Crippen LogP contribution in [0, 0.1) is 13.8 Å². The van der Waals surface area contributed by atoms with Gasteiger partial charge in [-0.15, -0.1) is 0 Å². The van der Waals surface area contributed by atoms with Gasteiger partial charge < -0.3 is 14.2 Å². The lowest BCUT2D eigenvalue weighted by Gasteiger charge is -2.38. The molecule has 1 atom stereocenters. The number of aryl methyl sites for hydroxylation is 3. The van der Waals surface area contributed by atoms with Crippen molar-refractivity contribution in [1.82, 2.24) is 29.8 Å². The molecule has 0 spiro atoms. The van der Waals surface area contributed by atoms with E-state index in [1.54, 1.807) is 17.8 Å². The summed E-state index contributed by atoms with van der Waals surface area (Å²) in [6, 6.07) is 0.0375. The molecule has 1 aliphatic heterocycles. The quantitative estimate of drug-likeness (QED) is 0.581. The maximum Gasteiger partial charge on any atom is 0.341 e. The minimum atomic E-state index is -0.359. The van der Waals surface area contributed by atoms with Crippen LogP contribution in [0.25, 0.3) is 11.0 Å². The van der Waals surface area contributed by atoms with Gasteiger partial charge in [0.05, 0.1) is 29.4 Å². The number of ether oxygens (including phenoxy) is 1. The van der Waals surface area contributed by atoms with Gasteiger partial charge in [-0.3, -0.25) is 9.58 Å². The van der Waals surface area contributed by atoms with Crippen molar-refractivity contribution >= 4 is 22.7 Å². The Labute approximate surface area is 174 Å². The van der Waals surface area contributed by atoms with E-state index in [0.717, 1.165) is 48.6 Å². The predicted octanol–water partition coefficient (Wildman–Crippen LogP) is 2.03. The van der Waals surface area contributed by atoms with Gasteiger partial charge in [0, 0.05) is 39.4 Å². The molecular formula is C20H27N7O3. The fourth-order valence-corrected chi connectivity index (χ4v) is 4.05. The molecule has 0 aromatic carbocycles. The van der Waals surface area contributed by atoms with Crippen molar-refractivity contribution in [3.05, 3.63) is 29.2 Å². The van der Waals surface area contributed by atoms with Gasteiger partial charge in [0.25, 0.3) is 0 Å². The first kappa shape index (κ1) is 20.3. The smallest absolute Gasteiger partial charge is 0.341 e. The number of hydrogen-bond acceptors (Lipinski definition) is 9. The highest BCUT2D eigenvalue weighted by Crippen LogP contribution is 2.34. The van der Waals surface area contributed by atoms with Crippen LogP contribution in [0.1, 0.15) is 47.7 Å². The van der Waals surface area contributed by atoms with E-state index >= 15 is 0 Å². The van der Waals surface area contributed by atoms with Crippen molar-refractivity contribution in [2.75, 3.05) is 37.7 Å². The summed E-state index contributed by atoms with van der Waals surface area (Å²) in [7, 11) is 1.86. The maximum atomic E-state index is 12.7. The lowest BCUT2D eigenvalue weighted by atomic mass is 10.1. The van der Waals surface area contributed by atoms with Crippen LogP contribution < -0.4 is 4.90 Å². The number of nitrogens with zero attached hydrogens (tertiary/aromatic N) is 7. The summed E-state index contributed by atoms with van der Waals surface area (Å²) in [5.74, 6) is 0.908. The van der Waals surface area contributed by atoms with Gasteiger partial charge in [-0.05, 0) is 27.7 Å². The Hall–Kier alpha value is -3.01. The summed E-state index contributed by atoms with van der Waals surface area (Å²) in [6.45, 7) is 11.0. The highest BCUT2D eigenvalue weighted by molar-refractivity contribution is 6.05. The molecule has 0 saturated carbocycles. The van der Waals surface area contributed by atoms with Crippen LogP contribution in [0.4, 0.5) is 5.69 Å². The van der Waals surface area contributed by atoms with E-state index in [2.05, 4.69) is 36.9 Å². The molecule has 1 saturated heterocycles. The van der Waals surface area contributed by atoms with Crippen LogP contribution in [-0.4, -0.2) is 68.6 Å². The summed E-state index contributed by atoms with van der Waals surface area (Å²) in [5, 5.41) is 9.31.